The van der Waals surface area contributed by atoms with Gasteiger partial charge < -0.3 is 14.3 Å². The van der Waals surface area contributed by atoms with Crippen LogP contribution < -0.4 is 10.6 Å². The Morgan fingerprint density at radius 1 is 0.526 bits per heavy atom. The van der Waals surface area contributed by atoms with Crippen LogP contribution in [0, 0.1) is 0 Å². The molecule has 3 aromatic heterocycles. The number of rotatable bonds is 5. The summed E-state index contributed by atoms with van der Waals surface area (Å²) in [4.78, 5) is 5.10. The van der Waals surface area contributed by atoms with Gasteiger partial charge in [-0.05, 0) is 53.6 Å². The highest BCUT2D eigenvalue weighted by atomic mass is 32.1. The van der Waals surface area contributed by atoms with Gasteiger partial charge >= 0.3 is 0 Å². The molecule has 2 unspecified atom stereocenters. The van der Waals surface area contributed by atoms with Crippen molar-refractivity contribution in [3.05, 3.63) is 199 Å². The number of para-hydroxylation sites is 3. The van der Waals surface area contributed by atoms with E-state index in [2.05, 4.69) is 185 Å². The van der Waals surface area contributed by atoms with E-state index in [4.69, 9.17) is 9.41 Å². The van der Waals surface area contributed by atoms with Crippen molar-refractivity contribution in [2.75, 3.05) is 0 Å². The van der Waals surface area contributed by atoms with E-state index in [9.17, 15) is 0 Å². The number of aromatic nitrogens is 1. The molecule has 5 nitrogen and oxygen atoms in total. The Balaban J connectivity index is 0.961. The van der Waals surface area contributed by atoms with Gasteiger partial charge in [0.15, 0.2) is 0 Å². The topological polar surface area (TPSA) is 54.5 Å². The van der Waals surface area contributed by atoms with E-state index >= 15 is 0 Å². The highest BCUT2D eigenvalue weighted by Gasteiger charge is 2.26. The van der Waals surface area contributed by atoms with E-state index in [1.54, 1.807) is 0 Å². The molecule has 6 heteroatoms. The van der Waals surface area contributed by atoms with Crippen molar-refractivity contribution >= 4 is 81.1 Å². The Labute approximate surface area is 332 Å². The second kappa shape index (κ2) is 12.8. The number of amidine groups is 1. The second-order valence-corrected chi connectivity index (χ2v) is 15.8. The molecule has 0 radical (unpaired) electrons. The summed E-state index contributed by atoms with van der Waals surface area (Å²) in [5.41, 5.74) is 10.9. The molecule has 11 aromatic rings. The van der Waals surface area contributed by atoms with Crippen LogP contribution in [0.25, 0.3) is 80.7 Å². The minimum atomic E-state index is -0.198. The third kappa shape index (κ3) is 5.15. The van der Waals surface area contributed by atoms with E-state index in [1.165, 1.54) is 53.2 Å². The monoisotopic (exact) mass is 750 g/mol. The first kappa shape index (κ1) is 32.3. The fourth-order valence-electron chi connectivity index (χ4n) is 8.83. The number of fused-ring (bicyclic) bond motifs is 9. The molecule has 57 heavy (non-hydrogen) atoms. The van der Waals surface area contributed by atoms with Crippen LogP contribution >= 0.6 is 11.3 Å². The third-order valence-corrected chi connectivity index (χ3v) is 12.7. The quantitative estimate of drug-likeness (QED) is 0.184. The van der Waals surface area contributed by atoms with Crippen LogP contribution in [-0.4, -0.2) is 10.4 Å². The summed E-state index contributed by atoms with van der Waals surface area (Å²) in [7, 11) is 0. The normalized spacial score (nSPS) is 15.9. The Hall–Kier alpha value is -6.99. The van der Waals surface area contributed by atoms with Crippen molar-refractivity contribution in [1.29, 1.82) is 0 Å². The predicted molar refractivity (Wildman–Crippen MR) is 238 cm³/mol. The zero-order valence-corrected chi connectivity index (χ0v) is 31.5. The molecular weight excluding hydrogens is 717 g/mol. The van der Waals surface area contributed by atoms with Gasteiger partial charge in [0.05, 0.1) is 11.0 Å². The first-order chi connectivity index (χ1) is 28.2. The van der Waals surface area contributed by atoms with E-state index in [0.29, 0.717) is 0 Å². The molecule has 4 heterocycles. The molecule has 0 saturated heterocycles. The Kier molecular flexibility index (Phi) is 7.24. The molecule has 1 aliphatic rings. The fraction of sp³-hybridized carbons (Fsp3) is 0.0392. The largest absolute Gasteiger partial charge is 0.455 e. The maximum absolute atomic E-state index is 6.77. The van der Waals surface area contributed by atoms with Gasteiger partial charge in [-0.3, -0.25) is 5.32 Å². The minimum absolute atomic E-state index is 0.167. The van der Waals surface area contributed by atoms with Crippen LogP contribution in [0.2, 0.25) is 0 Å². The summed E-state index contributed by atoms with van der Waals surface area (Å²) in [6, 6.07) is 64.9. The lowest BCUT2D eigenvalue weighted by molar-refractivity contribution is 0.409. The van der Waals surface area contributed by atoms with Gasteiger partial charge in [-0.25, -0.2) is 4.99 Å². The summed E-state index contributed by atoms with van der Waals surface area (Å²) in [6.45, 7) is 0. The number of aliphatic imine (C=N–C) groups is 1. The van der Waals surface area contributed by atoms with Crippen molar-refractivity contribution < 1.29 is 4.42 Å². The smallest absolute Gasteiger partial charge is 0.143 e. The molecule has 270 valence electrons. The van der Waals surface area contributed by atoms with Crippen molar-refractivity contribution in [1.82, 2.24) is 15.2 Å². The summed E-state index contributed by atoms with van der Waals surface area (Å²) < 4.78 is 11.7. The summed E-state index contributed by atoms with van der Waals surface area (Å²) in [6.07, 6.45) is -0.365. The average molecular weight is 751 g/mol. The molecule has 2 N–H and O–H groups in total. The lowest BCUT2D eigenvalue weighted by atomic mass is 9.99. The molecule has 0 fully saturated rings. The molecule has 0 saturated carbocycles. The van der Waals surface area contributed by atoms with Crippen molar-refractivity contribution in [2.45, 2.75) is 12.3 Å². The number of thiophene rings is 1. The first-order valence-corrected chi connectivity index (χ1v) is 20.2. The molecule has 8 aromatic carbocycles. The van der Waals surface area contributed by atoms with E-state index in [1.807, 2.05) is 23.5 Å². The predicted octanol–water partition coefficient (Wildman–Crippen LogP) is 13.1. The van der Waals surface area contributed by atoms with Gasteiger partial charge in [0, 0.05) is 64.1 Å². The zero-order valence-electron chi connectivity index (χ0n) is 30.7. The molecule has 2 atom stereocenters. The molecular formula is C51H34N4OS. The molecule has 0 bridgehead atoms. The van der Waals surface area contributed by atoms with Crippen LogP contribution in [0.15, 0.2) is 191 Å². The number of nitrogens with one attached hydrogen (secondary N) is 2. The number of furan rings is 1. The Morgan fingerprint density at radius 3 is 2.00 bits per heavy atom. The van der Waals surface area contributed by atoms with Gasteiger partial charge in [0.1, 0.15) is 29.3 Å². The van der Waals surface area contributed by atoms with Gasteiger partial charge in [0.2, 0.25) is 0 Å². The van der Waals surface area contributed by atoms with Gasteiger partial charge in [-0.1, -0.05) is 140 Å². The molecule has 0 amide bonds. The Bertz CT molecular complexity index is 3320. The zero-order chi connectivity index (χ0) is 37.5. The number of benzene rings is 8. The van der Waals surface area contributed by atoms with Crippen LogP contribution in [0.1, 0.15) is 29.0 Å². The number of hydrogen-bond acceptors (Lipinski definition) is 5. The molecule has 0 aliphatic carbocycles. The standard InChI is InChI=1S/C51H34N4OS/c1-3-13-31(14-4-1)49-52-50(32-15-5-2-6-16-32)54-51(53-49)33-25-27-45-41(29-33)38-20-11-19-37(47(38)56-45)39-21-12-22-40-42-30-34(26-28-46(42)57-48(39)40)55-43-23-9-7-17-35(43)36-18-8-10-24-44(36)55/h1-30,49,51,53H,(H,52,54). The Morgan fingerprint density at radius 2 is 1.21 bits per heavy atom. The maximum atomic E-state index is 6.77. The van der Waals surface area contributed by atoms with Gasteiger partial charge in [-0.2, -0.15) is 0 Å². The lowest BCUT2D eigenvalue weighted by Crippen LogP contribution is -2.44. The molecule has 0 spiro atoms. The molecule has 1 aliphatic heterocycles. The maximum Gasteiger partial charge on any atom is 0.143 e. The third-order valence-electron chi connectivity index (χ3n) is 11.5. The lowest BCUT2D eigenvalue weighted by Gasteiger charge is -2.32. The average Bonchev–Trinajstić information content (AvgIpc) is 3.96. The van der Waals surface area contributed by atoms with Gasteiger partial charge in [-0.15, -0.1) is 11.3 Å². The van der Waals surface area contributed by atoms with Crippen molar-refractivity contribution in [2.24, 2.45) is 4.99 Å². The SMILES string of the molecule is c1ccc(C2=NC(c3ccccc3)NC(c3ccc4oc5c(-c6cccc7c6sc6ccc(-n8c9ccccc9c9ccccc98)cc67)cccc5c4c3)N2)cc1. The number of hydrogen-bond donors (Lipinski definition) is 2. The highest BCUT2D eigenvalue weighted by Crippen LogP contribution is 2.45. The highest BCUT2D eigenvalue weighted by molar-refractivity contribution is 7.26. The van der Waals surface area contributed by atoms with E-state index in [-0.39, 0.29) is 12.3 Å². The van der Waals surface area contributed by atoms with Crippen LogP contribution in [0.4, 0.5) is 0 Å². The minimum Gasteiger partial charge on any atom is -0.455 e. The van der Waals surface area contributed by atoms with E-state index < -0.39 is 0 Å². The van der Waals surface area contributed by atoms with Crippen LogP contribution in [0.3, 0.4) is 0 Å². The first-order valence-electron chi connectivity index (χ1n) is 19.4. The summed E-state index contributed by atoms with van der Waals surface area (Å²) in [5, 5.41) is 14.7. The summed E-state index contributed by atoms with van der Waals surface area (Å²) >= 11 is 1.85. The van der Waals surface area contributed by atoms with Gasteiger partial charge in [0.25, 0.3) is 0 Å². The molecule has 12 rings (SSSR count). The van der Waals surface area contributed by atoms with Crippen LogP contribution in [-0.2, 0) is 0 Å². The fourth-order valence-corrected chi connectivity index (χ4v) is 10.0. The van der Waals surface area contributed by atoms with Crippen LogP contribution in [0.5, 0.6) is 0 Å². The van der Waals surface area contributed by atoms with E-state index in [0.717, 1.165) is 50.0 Å². The van der Waals surface area contributed by atoms with Crippen molar-refractivity contribution in [3.63, 3.8) is 0 Å². The summed E-state index contributed by atoms with van der Waals surface area (Å²) in [5.74, 6) is 0.867. The second-order valence-electron chi connectivity index (χ2n) is 14.8. The van der Waals surface area contributed by atoms with Crippen molar-refractivity contribution in [3.8, 4) is 16.8 Å². The number of nitrogens with zero attached hydrogens (tertiary/aromatic N) is 2.